The Morgan fingerprint density at radius 1 is 0.778 bits per heavy atom. The molecular formula is C24H38O3. The van der Waals surface area contributed by atoms with E-state index in [2.05, 4.69) is 72.4 Å². The summed E-state index contributed by atoms with van der Waals surface area (Å²) in [5, 5.41) is 0. The van der Waals surface area contributed by atoms with Gasteiger partial charge in [-0.25, -0.2) is 4.79 Å². The lowest BCUT2D eigenvalue weighted by atomic mass is 10.2. The topological polar surface area (TPSA) is 35.5 Å². The SMILES string of the molecule is CC/C=C\C/C=C\C/C=C\C/C=C\C/C=C\CCCCOC(C)C(=O)OC. The van der Waals surface area contributed by atoms with Crippen LogP contribution in [-0.2, 0) is 14.3 Å². The lowest BCUT2D eigenvalue weighted by molar-refractivity contribution is -0.152. The van der Waals surface area contributed by atoms with E-state index in [4.69, 9.17) is 4.74 Å². The van der Waals surface area contributed by atoms with Crippen LogP contribution in [0.1, 0.15) is 65.2 Å². The van der Waals surface area contributed by atoms with Crippen molar-refractivity contribution < 1.29 is 14.3 Å². The fourth-order valence-electron chi connectivity index (χ4n) is 2.23. The number of ether oxygens (including phenoxy) is 2. The summed E-state index contributed by atoms with van der Waals surface area (Å²) in [6, 6.07) is 0. The van der Waals surface area contributed by atoms with E-state index >= 15 is 0 Å². The Labute approximate surface area is 166 Å². The van der Waals surface area contributed by atoms with Crippen molar-refractivity contribution >= 4 is 5.97 Å². The molecule has 0 saturated heterocycles. The molecule has 0 amide bonds. The predicted octanol–water partition coefficient (Wildman–Crippen LogP) is 6.49. The molecule has 0 aliphatic carbocycles. The molecule has 0 radical (unpaired) electrons. The molecule has 1 unspecified atom stereocenters. The Kier molecular flexibility index (Phi) is 19.0. The molecule has 0 fully saturated rings. The van der Waals surface area contributed by atoms with E-state index in [-0.39, 0.29) is 5.97 Å². The zero-order chi connectivity index (χ0) is 20.0. The van der Waals surface area contributed by atoms with Crippen LogP contribution >= 0.6 is 0 Å². The monoisotopic (exact) mass is 374 g/mol. The second-order valence-corrected chi connectivity index (χ2v) is 6.24. The van der Waals surface area contributed by atoms with E-state index in [1.165, 1.54) is 7.11 Å². The van der Waals surface area contributed by atoms with Crippen LogP contribution in [0.3, 0.4) is 0 Å². The number of hydrogen-bond donors (Lipinski definition) is 0. The molecule has 3 nitrogen and oxygen atoms in total. The van der Waals surface area contributed by atoms with Crippen molar-refractivity contribution in [1.29, 1.82) is 0 Å². The van der Waals surface area contributed by atoms with E-state index in [0.29, 0.717) is 6.61 Å². The Morgan fingerprint density at radius 2 is 1.26 bits per heavy atom. The Bertz CT molecular complexity index is 484. The summed E-state index contributed by atoms with van der Waals surface area (Å²) in [5.74, 6) is -0.312. The molecule has 0 aliphatic heterocycles. The van der Waals surface area contributed by atoms with Crippen molar-refractivity contribution in [2.24, 2.45) is 0 Å². The average Bonchev–Trinajstić information content (AvgIpc) is 2.68. The quantitative estimate of drug-likeness (QED) is 0.176. The Hall–Kier alpha value is -1.87. The molecule has 0 N–H and O–H groups in total. The molecule has 0 aromatic heterocycles. The maximum atomic E-state index is 11.2. The maximum Gasteiger partial charge on any atom is 0.334 e. The largest absolute Gasteiger partial charge is 0.467 e. The van der Waals surface area contributed by atoms with Crippen molar-refractivity contribution in [1.82, 2.24) is 0 Å². The molecule has 0 bridgehead atoms. The molecular weight excluding hydrogens is 336 g/mol. The fourth-order valence-corrected chi connectivity index (χ4v) is 2.23. The maximum absolute atomic E-state index is 11.2. The van der Waals surface area contributed by atoms with Gasteiger partial charge in [-0.05, 0) is 58.3 Å². The number of rotatable bonds is 16. The molecule has 27 heavy (non-hydrogen) atoms. The molecule has 0 heterocycles. The smallest absolute Gasteiger partial charge is 0.334 e. The van der Waals surface area contributed by atoms with E-state index in [1.54, 1.807) is 6.92 Å². The number of carbonyl (C=O) groups is 1. The van der Waals surface area contributed by atoms with Gasteiger partial charge in [0.1, 0.15) is 0 Å². The van der Waals surface area contributed by atoms with Gasteiger partial charge in [0.25, 0.3) is 0 Å². The minimum Gasteiger partial charge on any atom is -0.467 e. The van der Waals surface area contributed by atoms with Crippen molar-refractivity contribution in [3.63, 3.8) is 0 Å². The van der Waals surface area contributed by atoms with Gasteiger partial charge in [0.15, 0.2) is 6.10 Å². The second kappa shape index (κ2) is 20.4. The zero-order valence-corrected chi connectivity index (χ0v) is 17.4. The Balaban J connectivity index is 3.49. The van der Waals surface area contributed by atoms with Crippen molar-refractivity contribution in [2.45, 2.75) is 71.3 Å². The molecule has 152 valence electrons. The molecule has 0 aliphatic rings. The standard InChI is InChI=1S/C24H38O3/c1-4-5-6-7-8-9-10-11-12-13-14-15-16-17-18-19-20-21-22-27-23(2)24(25)26-3/h5-6,8-9,11-12,14-15,17-18,23H,4,7,10,13,16,19-22H2,1-3H3/b6-5-,9-8-,12-11-,15-14-,18-17-. The average molecular weight is 375 g/mol. The first kappa shape index (κ1) is 25.1. The third kappa shape index (κ3) is 18.7. The third-order valence-corrected chi connectivity index (χ3v) is 3.82. The highest BCUT2D eigenvalue weighted by Gasteiger charge is 2.12. The predicted molar refractivity (Wildman–Crippen MR) is 116 cm³/mol. The number of carbonyl (C=O) groups excluding carboxylic acids is 1. The lowest BCUT2D eigenvalue weighted by Crippen LogP contribution is -2.22. The summed E-state index contributed by atoms with van der Waals surface area (Å²) in [6.45, 7) is 4.47. The summed E-state index contributed by atoms with van der Waals surface area (Å²) in [7, 11) is 1.38. The highest BCUT2D eigenvalue weighted by Crippen LogP contribution is 2.02. The zero-order valence-electron chi connectivity index (χ0n) is 17.4. The van der Waals surface area contributed by atoms with Gasteiger partial charge in [0.05, 0.1) is 7.11 Å². The molecule has 3 heteroatoms. The summed E-state index contributed by atoms with van der Waals surface area (Å²) < 4.78 is 10.0. The van der Waals surface area contributed by atoms with Gasteiger partial charge >= 0.3 is 5.97 Å². The first-order valence-electron chi connectivity index (χ1n) is 10.2. The van der Waals surface area contributed by atoms with Gasteiger partial charge in [-0.2, -0.15) is 0 Å². The summed E-state index contributed by atoms with van der Waals surface area (Å²) in [4.78, 5) is 11.2. The van der Waals surface area contributed by atoms with Gasteiger partial charge in [0, 0.05) is 6.61 Å². The number of hydrogen-bond acceptors (Lipinski definition) is 3. The van der Waals surface area contributed by atoms with E-state index in [9.17, 15) is 4.79 Å². The van der Waals surface area contributed by atoms with Crippen LogP contribution in [0.5, 0.6) is 0 Å². The van der Waals surface area contributed by atoms with Crippen LogP contribution in [0, 0.1) is 0 Å². The van der Waals surface area contributed by atoms with Gasteiger partial charge in [-0.1, -0.05) is 67.7 Å². The first-order chi connectivity index (χ1) is 13.2. The third-order valence-electron chi connectivity index (χ3n) is 3.82. The minimum atomic E-state index is -0.469. The van der Waals surface area contributed by atoms with Crippen LogP contribution in [0.15, 0.2) is 60.8 Å². The van der Waals surface area contributed by atoms with E-state index in [0.717, 1.165) is 51.4 Å². The van der Waals surface area contributed by atoms with Crippen molar-refractivity contribution in [2.75, 3.05) is 13.7 Å². The van der Waals surface area contributed by atoms with Crippen molar-refractivity contribution in [3.05, 3.63) is 60.8 Å². The van der Waals surface area contributed by atoms with Gasteiger partial charge in [0.2, 0.25) is 0 Å². The highest BCUT2D eigenvalue weighted by atomic mass is 16.6. The summed E-state index contributed by atoms with van der Waals surface area (Å²) in [5.41, 5.74) is 0. The molecule has 0 aromatic carbocycles. The molecule has 1 atom stereocenters. The van der Waals surface area contributed by atoms with E-state index < -0.39 is 6.10 Å². The van der Waals surface area contributed by atoms with Crippen LogP contribution in [0.25, 0.3) is 0 Å². The Morgan fingerprint density at radius 3 is 1.74 bits per heavy atom. The van der Waals surface area contributed by atoms with Crippen LogP contribution in [0.2, 0.25) is 0 Å². The van der Waals surface area contributed by atoms with Crippen LogP contribution < -0.4 is 0 Å². The number of methoxy groups -OCH3 is 1. The molecule has 0 aromatic rings. The van der Waals surface area contributed by atoms with Crippen molar-refractivity contribution in [3.8, 4) is 0 Å². The van der Waals surface area contributed by atoms with Gasteiger partial charge in [-0.3, -0.25) is 0 Å². The molecule has 0 saturated carbocycles. The number of esters is 1. The number of allylic oxidation sites excluding steroid dienone is 10. The minimum absolute atomic E-state index is 0.312. The normalized spacial score (nSPS) is 13.7. The first-order valence-corrected chi connectivity index (χ1v) is 10.2. The van der Waals surface area contributed by atoms with Crippen LogP contribution in [0.4, 0.5) is 0 Å². The second-order valence-electron chi connectivity index (χ2n) is 6.24. The van der Waals surface area contributed by atoms with E-state index in [1.807, 2.05) is 0 Å². The van der Waals surface area contributed by atoms with Gasteiger partial charge in [-0.15, -0.1) is 0 Å². The summed E-state index contributed by atoms with van der Waals surface area (Å²) in [6.07, 6.45) is 29.8. The lowest BCUT2D eigenvalue weighted by Gasteiger charge is -2.09. The van der Waals surface area contributed by atoms with Gasteiger partial charge < -0.3 is 9.47 Å². The molecule has 0 rings (SSSR count). The number of unbranched alkanes of at least 4 members (excludes halogenated alkanes) is 2. The fraction of sp³-hybridized carbons (Fsp3) is 0.542. The highest BCUT2D eigenvalue weighted by molar-refractivity contribution is 5.73. The summed E-state index contributed by atoms with van der Waals surface area (Å²) >= 11 is 0. The molecule has 0 spiro atoms. The van der Waals surface area contributed by atoms with Crippen LogP contribution in [-0.4, -0.2) is 25.8 Å².